The quantitative estimate of drug-likeness (QED) is 0.867. The van der Waals surface area contributed by atoms with Gasteiger partial charge < -0.3 is 14.6 Å². The summed E-state index contributed by atoms with van der Waals surface area (Å²) in [5.74, 6) is 1.42. The first-order chi connectivity index (χ1) is 10.0. The van der Waals surface area contributed by atoms with Crippen molar-refractivity contribution in [2.24, 2.45) is 0 Å². The van der Waals surface area contributed by atoms with E-state index >= 15 is 0 Å². The van der Waals surface area contributed by atoms with Gasteiger partial charge in [0.25, 0.3) is 0 Å². The van der Waals surface area contributed by atoms with Crippen LogP contribution in [0.1, 0.15) is 25.5 Å². The van der Waals surface area contributed by atoms with Gasteiger partial charge in [-0.1, -0.05) is 23.7 Å². The topological polar surface area (TPSA) is 38.7 Å². The maximum atomic E-state index is 10.2. The van der Waals surface area contributed by atoms with Crippen LogP contribution in [-0.4, -0.2) is 17.8 Å². The predicted molar refractivity (Wildman–Crippen MR) is 84.1 cm³/mol. The summed E-state index contributed by atoms with van der Waals surface area (Å²) in [6.07, 6.45) is -0.612. The number of aliphatic hydroxyl groups is 1. The van der Waals surface area contributed by atoms with E-state index in [-0.39, 0.29) is 12.7 Å². The first-order valence-corrected chi connectivity index (χ1v) is 7.25. The number of rotatable bonds is 6. The average Bonchev–Trinajstić information content (AvgIpc) is 2.46. The fourth-order valence-electron chi connectivity index (χ4n) is 1.87. The minimum atomic E-state index is -0.712. The molecule has 0 radical (unpaired) electrons. The third-order valence-electron chi connectivity index (χ3n) is 2.84. The van der Waals surface area contributed by atoms with Crippen molar-refractivity contribution in [1.82, 2.24) is 0 Å². The van der Waals surface area contributed by atoms with Gasteiger partial charge in [-0.05, 0) is 55.8 Å². The van der Waals surface area contributed by atoms with Gasteiger partial charge in [0.05, 0.1) is 6.10 Å². The molecule has 0 saturated carbocycles. The van der Waals surface area contributed by atoms with Crippen molar-refractivity contribution in [3.8, 4) is 11.5 Å². The highest BCUT2D eigenvalue weighted by Gasteiger charge is 2.10. The molecule has 0 amide bonds. The van der Waals surface area contributed by atoms with Gasteiger partial charge in [0, 0.05) is 5.02 Å². The van der Waals surface area contributed by atoms with Gasteiger partial charge in [-0.2, -0.15) is 0 Å². The third kappa shape index (κ3) is 4.96. The molecule has 0 aliphatic rings. The monoisotopic (exact) mass is 306 g/mol. The smallest absolute Gasteiger partial charge is 0.120 e. The van der Waals surface area contributed by atoms with E-state index in [4.69, 9.17) is 21.1 Å². The number of hydrogen-bond donors (Lipinski definition) is 1. The first kappa shape index (κ1) is 15.7. The lowest BCUT2D eigenvalue weighted by Crippen LogP contribution is -2.10. The molecule has 2 aromatic rings. The number of halogens is 1. The normalized spacial score (nSPS) is 12.2. The molecule has 2 rings (SSSR count). The summed E-state index contributed by atoms with van der Waals surface area (Å²) in [4.78, 5) is 0. The summed E-state index contributed by atoms with van der Waals surface area (Å²) in [6, 6.07) is 14.5. The van der Waals surface area contributed by atoms with E-state index in [0.717, 1.165) is 11.3 Å². The Hall–Kier alpha value is -1.71. The molecular formula is C17H19ClO3. The molecule has 0 aromatic heterocycles. The van der Waals surface area contributed by atoms with Gasteiger partial charge in [-0.15, -0.1) is 0 Å². The van der Waals surface area contributed by atoms with Gasteiger partial charge >= 0.3 is 0 Å². The number of ether oxygens (including phenoxy) is 2. The lowest BCUT2D eigenvalue weighted by atomic mass is 10.1. The van der Waals surface area contributed by atoms with Crippen molar-refractivity contribution >= 4 is 11.6 Å². The van der Waals surface area contributed by atoms with Crippen LogP contribution in [0.5, 0.6) is 11.5 Å². The van der Waals surface area contributed by atoms with Crippen molar-refractivity contribution in [2.45, 2.75) is 26.1 Å². The zero-order valence-corrected chi connectivity index (χ0v) is 12.9. The lowest BCUT2D eigenvalue weighted by molar-refractivity contribution is 0.108. The summed E-state index contributed by atoms with van der Waals surface area (Å²) < 4.78 is 11.2. The van der Waals surface area contributed by atoms with E-state index in [1.165, 1.54) is 0 Å². The molecule has 0 aliphatic heterocycles. The van der Waals surface area contributed by atoms with E-state index in [2.05, 4.69) is 0 Å². The van der Waals surface area contributed by atoms with Crippen LogP contribution in [0.3, 0.4) is 0 Å². The molecule has 112 valence electrons. The molecule has 2 aromatic carbocycles. The summed E-state index contributed by atoms with van der Waals surface area (Å²) in [6.45, 7) is 4.10. The molecule has 21 heavy (non-hydrogen) atoms. The number of hydrogen-bond acceptors (Lipinski definition) is 3. The van der Waals surface area contributed by atoms with Crippen LogP contribution in [0.15, 0.2) is 48.5 Å². The largest absolute Gasteiger partial charge is 0.491 e. The molecule has 0 bridgehead atoms. The van der Waals surface area contributed by atoms with E-state index in [1.54, 1.807) is 24.3 Å². The minimum absolute atomic E-state index is 0.0997. The fourth-order valence-corrected chi connectivity index (χ4v) is 2.00. The van der Waals surface area contributed by atoms with Crippen molar-refractivity contribution in [3.05, 3.63) is 59.1 Å². The second kappa shape index (κ2) is 7.34. The third-order valence-corrected chi connectivity index (χ3v) is 3.09. The van der Waals surface area contributed by atoms with Gasteiger partial charge in [-0.25, -0.2) is 0 Å². The van der Waals surface area contributed by atoms with Crippen molar-refractivity contribution in [3.63, 3.8) is 0 Å². The maximum absolute atomic E-state index is 10.2. The highest BCUT2D eigenvalue weighted by atomic mass is 35.5. The van der Waals surface area contributed by atoms with E-state index in [9.17, 15) is 5.11 Å². The lowest BCUT2D eigenvalue weighted by Gasteiger charge is -2.15. The second-order valence-electron chi connectivity index (χ2n) is 5.02. The fraction of sp³-hybridized carbons (Fsp3) is 0.294. The Balaban J connectivity index is 1.96. The van der Waals surface area contributed by atoms with Gasteiger partial charge in [-0.3, -0.25) is 0 Å². The van der Waals surface area contributed by atoms with E-state index in [0.29, 0.717) is 10.8 Å². The van der Waals surface area contributed by atoms with Crippen molar-refractivity contribution in [1.29, 1.82) is 0 Å². The number of aliphatic hydroxyl groups excluding tert-OH is 1. The van der Waals surface area contributed by atoms with Crippen LogP contribution < -0.4 is 9.47 Å². The zero-order chi connectivity index (χ0) is 15.2. The molecule has 3 nitrogen and oxygen atoms in total. The highest BCUT2D eigenvalue weighted by molar-refractivity contribution is 6.30. The van der Waals surface area contributed by atoms with Crippen LogP contribution in [0.25, 0.3) is 0 Å². The van der Waals surface area contributed by atoms with Gasteiger partial charge in [0.2, 0.25) is 0 Å². The molecule has 0 saturated heterocycles. The summed E-state index contributed by atoms with van der Waals surface area (Å²) in [5.41, 5.74) is 0.766. The zero-order valence-electron chi connectivity index (χ0n) is 12.1. The van der Waals surface area contributed by atoms with Gasteiger partial charge in [0.15, 0.2) is 0 Å². The average molecular weight is 307 g/mol. The molecule has 1 atom stereocenters. The molecule has 0 fully saturated rings. The Kier molecular flexibility index (Phi) is 5.48. The maximum Gasteiger partial charge on any atom is 0.120 e. The SMILES string of the molecule is CC(C)Oc1cccc(C(O)COc2ccc(Cl)cc2)c1. The summed E-state index contributed by atoms with van der Waals surface area (Å²) in [5, 5.41) is 10.8. The number of benzene rings is 2. The van der Waals surface area contributed by atoms with Crippen molar-refractivity contribution < 1.29 is 14.6 Å². The molecule has 0 heterocycles. The van der Waals surface area contributed by atoms with Crippen LogP contribution in [-0.2, 0) is 0 Å². The second-order valence-corrected chi connectivity index (χ2v) is 5.46. The summed E-state index contributed by atoms with van der Waals surface area (Å²) in [7, 11) is 0. The highest BCUT2D eigenvalue weighted by Crippen LogP contribution is 2.22. The molecule has 4 heteroatoms. The Morgan fingerprint density at radius 2 is 1.76 bits per heavy atom. The van der Waals surface area contributed by atoms with Crippen LogP contribution in [0, 0.1) is 0 Å². The Bertz CT molecular complexity index is 567. The van der Waals surface area contributed by atoms with Crippen molar-refractivity contribution in [2.75, 3.05) is 6.61 Å². The van der Waals surface area contributed by atoms with Crippen LogP contribution >= 0.6 is 11.6 Å². The Morgan fingerprint density at radius 3 is 2.43 bits per heavy atom. The molecule has 1 N–H and O–H groups in total. The van der Waals surface area contributed by atoms with Crippen LogP contribution in [0.2, 0.25) is 5.02 Å². The minimum Gasteiger partial charge on any atom is -0.491 e. The summed E-state index contributed by atoms with van der Waals surface area (Å²) >= 11 is 5.81. The Labute approximate surface area is 130 Å². The predicted octanol–water partition coefficient (Wildman–Crippen LogP) is 4.24. The Morgan fingerprint density at radius 1 is 1.05 bits per heavy atom. The van der Waals surface area contributed by atoms with E-state index in [1.807, 2.05) is 38.1 Å². The molecule has 0 aliphatic carbocycles. The molecular weight excluding hydrogens is 288 g/mol. The molecule has 1 unspecified atom stereocenters. The standard InChI is InChI=1S/C17H19ClO3/c1-12(2)21-16-5-3-4-13(10-16)17(19)11-20-15-8-6-14(18)7-9-15/h3-10,12,17,19H,11H2,1-2H3. The van der Waals surface area contributed by atoms with E-state index < -0.39 is 6.10 Å². The van der Waals surface area contributed by atoms with Gasteiger partial charge in [0.1, 0.15) is 24.2 Å². The van der Waals surface area contributed by atoms with Crippen LogP contribution in [0.4, 0.5) is 0 Å². The molecule has 0 spiro atoms. The first-order valence-electron chi connectivity index (χ1n) is 6.87.